The molecule has 6 aliphatic rings. The molecule has 16 nitrogen and oxygen atoms in total. The monoisotopic (exact) mass is 762 g/mol. The molecular weight excluding hydrogens is 712 g/mol. The largest absolute Gasteiger partial charge is 0.459 e. The van der Waals surface area contributed by atoms with Gasteiger partial charge < -0.3 is 63.1 Å². The van der Waals surface area contributed by atoms with Gasteiger partial charge in [-0.05, 0) is 44.7 Å². The fourth-order valence-corrected chi connectivity index (χ4v) is 8.54. The van der Waals surface area contributed by atoms with Crippen molar-refractivity contribution in [2.45, 2.75) is 138 Å². The lowest BCUT2D eigenvalue weighted by Crippen LogP contribution is -2.64. The van der Waals surface area contributed by atoms with E-state index in [4.69, 9.17) is 42.6 Å². The van der Waals surface area contributed by atoms with E-state index in [1.54, 1.807) is 6.08 Å². The fourth-order valence-electron chi connectivity index (χ4n) is 8.54. The Morgan fingerprint density at radius 1 is 0.833 bits per heavy atom. The van der Waals surface area contributed by atoms with Gasteiger partial charge in [0, 0.05) is 31.3 Å². The summed E-state index contributed by atoms with van der Waals surface area (Å²) in [6.07, 6.45) is -10.5. The van der Waals surface area contributed by atoms with E-state index in [0.29, 0.717) is 19.4 Å². The van der Waals surface area contributed by atoms with Gasteiger partial charge in [0.15, 0.2) is 24.1 Å². The van der Waals surface area contributed by atoms with Crippen LogP contribution in [0.2, 0.25) is 0 Å². The molecule has 0 unspecified atom stereocenters. The van der Waals surface area contributed by atoms with Gasteiger partial charge in [-0.1, -0.05) is 37.3 Å². The number of ether oxygens (including phenoxy) is 9. The molecule has 5 aliphatic heterocycles. The van der Waals surface area contributed by atoms with Gasteiger partial charge >= 0.3 is 17.9 Å². The number of fused-ring (bicyclic) bond motifs is 3. The topological polar surface area (TPSA) is 218 Å². The number of esters is 3. The molecule has 6 fully saturated rings. The molecule has 7 rings (SSSR count). The number of hydrogen-bond donors (Lipinski definition) is 4. The minimum Gasteiger partial charge on any atom is -0.459 e. The van der Waals surface area contributed by atoms with Crippen LogP contribution >= 0.6 is 0 Å². The van der Waals surface area contributed by atoms with Crippen LogP contribution in [0.4, 0.5) is 0 Å². The van der Waals surface area contributed by atoms with Gasteiger partial charge in [-0.3, -0.25) is 9.59 Å². The van der Waals surface area contributed by atoms with Crippen molar-refractivity contribution in [3.8, 4) is 0 Å². The molecule has 0 radical (unpaired) electrons. The van der Waals surface area contributed by atoms with Gasteiger partial charge in [-0.15, -0.1) is 0 Å². The highest BCUT2D eigenvalue weighted by Gasteiger charge is 2.76. The summed E-state index contributed by atoms with van der Waals surface area (Å²) in [4.78, 5) is 38.9. The third-order valence-corrected chi connectivity index (χ3v) is 11.7. The maximum absolute atomic E-state index is 13.9. The summed E-state index contributed by atoms with van der Waals surface area (Å²) >= 11 is 0. The van der Waals surface area contributed by atoms with Crippen molar-refractivity contribution in [2.75, 3.05) is 13.2 Å². The Kier molecular flexibility index (Phi) is 11.2. The van der Waals surface area contributed by atoms with Crippen LogP contribution in [0.5, 0.6) is 0 Å². The molecule has 1 saturated carbocycles. The number of hydrogen-bond acceptors (Lipinski definition) is 16. The maximum Gasteiger partial charge on any atom is 0.331 e. The van der Waals surface area contributed by atoms with Crippen molar-refractivity contribution in [3.05, 3.63) is 42.0 Å². The van der Waals surface area contributed by atoms with E-state index >= 15 is 0 Å². The molecule has 54 heavy (non-hydrogen) atoms. The van der Waals surface area contributed by atoms with Crippen LogP contribution in [0, 0.1) is 17.8 Å². The van der Waals surface area contributed by atoms with Crippen LogP contribution in [-0.4, -0.2) is 137 Å². The van der Waals surface area contributed by atoms with Crippen LogP contribution in [0.1, 0.15) is 58.9 Å². The lowest BCUT2D eigenvalue weighted by molar-refractivity contribution is -0.357. The van der Waals surface area contributed by atoms with Crippen molar-refractivity contribution < 1.29 is 77.4 Å². The van der Waals surface area contributed by atoms with Gasteiger partial charge in [-0.25, -0.2) is 4.79 Å². The van der Waals surface area contributed by atoms with Crippen molar-refractivity contribution >= 4 is 24.0 Å². The van der Waals surface area contributed by atoms with E-state index in [9.17, 15) is 34.8 Å². The molecule has 1 aromatic rings. The predicted octanol–water partition coefficient (Wildman–Crippen LogP) is 0.742. The van der Waals surface area contributed by atoms with Crippen LogP contribution in [0.15, 0.2) is 36.4 Å². The molecule has 5 heterocycles. The predicted molar refractivity (Wildman–Crippen MR) is 181 cm³/mol. The minimum absolute atomic E-state index is 0.0940. The fraction of sp³-hybridized carbons (Fsp3) is 0.711. The molecule has 4 N–H and O–H groups in total. The molecular formula is C38H50O16. The van der Waals surface area contributed by atoms with Crippen molar-refractivity contribution in [1.29, 1.82) is 0 Å². The van der Waals surface area contributed by atoms with E-state index in [1.165, 1.54) is 19.9 Å². The number of aliphatic hydroxyl groups is 4. The highest BCUT2D eigenvalue weighted by atomic mass is 16.8. The van der Waals surface area contributed by atoms with Crippen molar-refractivity contribution in [1.82, 2.24) is 0 Å². The minimum atomic E-state index is -1.74. The molecule has 5 saturated heterocycles. The summed E-state index contributed by atoms with van der Waals surface area (Å²) in [5, 5.41) is 42.1. The standard InChI is InChI=1S/C38H50O16/c1-18-16-46-38(15-26(18)51-27(40)13-10-22-8-6-5-7-9-22)37(17-47-37)24-12-11-23(14-25(24)54-38)34(45)53-36-33(32(50-21(4)39)29(42)20(3)49-36)52-35-31(44)30(43)28(41)19(2)48-35/h5-10,13,18-20,23-26,28-33,35-36,41-44H,11-12,14-17H2,1-4H3/b13-10+/t18-,19-,20+,23-,24-,25+,26+,28+,29-,30+,31+,32-,33-,35+,36-,37-,38-/m1/s1. The third kappa shape index (κ3) is 7.45. The first-order valence-electron chi connectivity index (χ1n) is 18.7. The Bertz CT molecular complexity index is 1550. The van der Waals surface area contributed by atoms with E-state index in [-0.39, 0.29) is 31.3 Å². The zero-order valence-corrected chi connectivity index (χ0v) is 30.6. The number of aliphatic hydroxyl groups excluding tert-OH is 4. The summed E-state index contributed by atoms with van der Waals surface area (Å²) in [6, 6.07) is 9.43. The van der Waals surface area contributed by atoms with Gasteiger partial charge in [0.1, 0.15) is 30.5 Å². The van der Waals surface area contributed by atoms with Crippen LogP contribution in [0.3, 0.4) is 0 Å². The molecule has 0 amide bonds. The number of carbonyl (C=O) groups is 3. The number of carbonyl (C=O) groups excluding carboxylic acids is 3. The smallest absolute Gasteiger partial charge is 0.331 e. The molecule has 298 valence electrons. The van der Waals surface area contributed by atoms with Crippen LogP contribution in [0.25, 0.3) is 6.08 Å². The second-order valence-electron chi connectivity index (χ2n) is 15.4. The number of epoxide rings is 1. The molecule has 2 spiro atoms. The first-order chi connectivity index (χ1) is 25.7. The van der Waals surface area contributed by atoms with Crippen molar-refractivity contribution in [3.63, 3.8) is 0 Å². The lowest BCUT2D eigenvalue weighted by atomic mass is 9.72. The molecule has 0 aromatic heterocycles. The normalized spacial score (nSPS) is 45.9. The Morgan fingerprint density at radius 2 is 1.54 bits per heavy atom. The average Bonchev–Trinajstić information content (AvgIpc) is 3.92. The zero-order valence-electron chi connectivity index (χ0n) is 30.6. The Labute approximate surface area is 312 Å². The highest BCUT2D eigenvalue weighted by molar-refractivity contribution is 5.87. The second kappa shape index (κ2) is 15.5. The quantitative estimate of drug-likeness (QED) is 0.124. The van der Waals surface area contributed by atoms with Crippen LogP contribution in [-0.2, 0) is 57.0 Å². The third-order valence-electron chi connectivity index (χ3n) is 11.7. The number of benzene rings is 1. The van der Waals surface area contributed by atoms with E-state index in [1.807, 2.05) is 37.3 Å². The second-order valence-corrected chi connectivity index (χ2v) is 15.4. The Balaban J connectivity index is 1.03. The zero-order chi connectivity index (χ0) is 38.5. The average molecular weight is 763 g/mol. The van der Waals surface area contributed by atoms with E-state index in [2.05, 4.69) is 0 Å². The number of rotatable bonds is 8. The van der Waals surface area contributed by atoms with Gasteiger partial charge in [-0.2, -0.15) is 0 Å². The Hall–Kier alpha value is -3.03. The summed E-state index contributed by atoms with van der Waals surface area (Å²) in [5.74, 6) is -3.93. The lowest BCUT2D eigenvalue weighted by Gasteiger charge is -2.46. The van der Waals surface area contributed by atoms with Gasteiger partial charge in [0.2, 0.25) is 12.1 Å². The molecule has 0 bridgehead atoms. The molecule has 16 heteroatoms. The summed E-state index contributed by atoms with van der Waals surface area (Å²) in [6.45, 7) is 6.73. The first kappa shape index (κ1) is 39.2. The summed E-state index contributed by atoms with van der Waals surface area (Å²) < 4.78 is 53.9. The molecule has 1 aromatic carbocycles. The van der Waals surface area contributed by atoms with Crippen molar-refractivity contribution in [2.24, 2.45) is 17.8 Å². The summed E-state index contributed by atoms with van der Waals surface area (Å²) in [5.41, 5.74) is 0.121. The van der Waals surface area contributed by atoms with E-state index < -0.39 is 109 Å². The van der Waals surface area contributed by atoms with Gasteiger partial charge in [0.25, 0.3) is 0 Å². The molecule has 17 atom stereocenters. The van der Waals surface area contributed by atoms with E-state index in [0.717, 1.165) is 12.5 Å². The first-order valence-corrected chi connectivity index (χ1v) is 18.7. The van der Waals surface area contributed by atoms with Crippen LogP contribution < -0.4 is 0 Å². The SMILES string of the molecule is CC(=O)O[C@@H]1[C@H](O)[C@H](C)O[C@H](OC(=O)[C@@H]2CC[C@@H]3[C@H](C2)O[C@]2(C[C@H](OC(=O)/C=C/c4ccccc4)[C@H](C)CO2)[C@@]32CO2)[C@@H]1O[C@@H]1O[C@H](C)[C@H](O)[C@H](O)[C@@H]1O. The Morgan fingerprint density at radius 3 is 2.24 bits per heavy atom. The molecule has 1 aliphatic carbocycles. The highest BCUT2D eigenvalue weighted by Crippen LogP contribution is 2.62. The maximum atomic E-state index is 13.9. The summed E-state index contributed by atoms with van der Waals surface area (Å²) in [7, 11) is 0. The van der Waals surface area contributed by atoms with Gasteiger partial charge in [0.05, 0.1) is 37.4 Å².